The van der Waals surface area contributed by atoms with Crippen LogP contribution in [0, 0.1) is 0 Å². The molecule has 3 atom stereocenters. The lowest BCUT2D eigenvalue weighted by Gasteiger charge is -2.25. The molecule has 0 bridgehead atoms. The molecule has 3 unspecified atom stereocenters. The molecule has 17 heavy (non-hydrogen) atoms. The van der Waals surface area contributed by atoms with E-state index < -0.39 is 0 Å². The van der Waals surface area contributed by atoms with Gasteiger partial charge in [-0.3, -0.25) is 0 Å². The van der Waals surface area contributed by atoms with Crippen molar-refractivity contribution in [2.24, 2.45) is 0 Å². The van der Waals surface area contributed by atoms with Crippen LogP contribution in [0.2, 0.25) is 0 Å². The Morgan fingerprint density at radius 3 is 3.12 bits per heavy atom. The fraction of sp³-hybridized carbons (Fsp3) is 0.833. The summed E-state index contributed by atoms with van der Waals surface area (Å²) in [5.74, 6) is 1.95. The van der Waals surface area contributed by atoms with E-state index >= 15 is 0 Å². The summed E-state index contributed by atoms with van der Waals surface area (Å²) < 4.78 is 10.5. The minimum Gasteiger partial charge on any atom is -0.381 e. The number of methoxy groups -OCH3 is 1. The largest absolute Gasteiger partial charge is 0.381 e. The first-order valence-corrected chi connectivity index (χ1v) is 6.27. The summed E-state index contributed by atoms with van der Waals surface area (Å²) in [7, 11) is 1.69. The van der Waals surface area contributed by atoms with Gasteiger partial charge < -0.3 is 14.6 Å². The highest BCUT2D eigenvalue weighted by Gasteiger charge is 2.25. The topological polar surface area (TPSA) is 60.2 Å². The molecule has 0 spiro atoms. The van der Waals surface area contributed by atoms with Gasteiger partial charge in [-0.1, -0.05) is 5.16 Å². The molecule has 2 heterocycles. The Bertz CT molecular complexity index is 353. The van der Waals surface area contributed by atoms with Crippen molar-refractivity contribution in [3.8, 4) is 0 Å². The van der Waals surface area contributed by atoms with Gasteiger partial charge in [-0.05, 0) is 33.2 Å². The van der Waals surface area contributed by atoms with Gasteiger partial charge in [0.25, 0.3) is 0 Å². The number of piperidine rings is 1. The summed E-state index contributed by atoms with van der Waals surface area (Å²) in [6, 6.07) is 0.530. The number of nitrogens with zero attached hydrogens (tertiary/aromatic N) is 2. The zero-order valence-electron chi connectivity index (χ0n) is 10.8. The van der Waals surface area contributed by atoms with Gasteiger partial charge in [-0.15, -0.1) is 0 Å². The van der Waals surface area contributed by atoms with E-state index in [0.29, 0.717) is 18.4 Å². The first-order valence-electron chi connectivity index (χ1n) is 6.27. The number of hydrogen-bond acceptors (Lipinski definition) is 5. The standard InChI is InChI=1S/C12H21N3O2/c1-8-6-10(4-5-13-8)12-14-11(15-17-12)7-9(2)16-3/h8-10,13H,4-7H2,1-3H3. The SMILES string of the molecule is COC(C)Cc1noc(C2CCNC(C)C2)n1. The molecule has 96 valence electrons. The van der Waals surface area contributed by atoms with Crippen molar-refractivity contribution in [2.45, 2.75) is 51.2 Å². The number of ether oxygens (including phenoxy) is 1. The van der Waals surface area contributed by atoms with E-state index in [1.807, 2.05) is 6.92 Å². The molecular weight excluding hydrogens is 218 g/mol. The van der Waals surface area contributed by atoms with Crippen molar-refractivity contribution in [3.05, 3.63) is 11.7 Å². The summed E-state index contributed by atoms with van der Waals surface area (Å²) in [6.45, 7) is 5.22. The minimum atomic E-state index is 0.132. The predicted octanol–water partition coefficient (Wildman–Crippen LogP) is 1.50. The second kappa shape index (κ2) is 5.60. The molecule has 1 aliphatic heterocycles. The zero-order valence-corrected chi connectivity index (χ0v) is 10.8. The molecule has 1 N–H and O–H groups in total. The Hall–Kier alpha value is -0.940. The van der Waals surface area contributed by atoms with Crippen LogP contribution >= 0.6 is 0 Å². The normalized spacial score (nSPS) is 27.0. The Kier molecular flexibility index (Phi) is 4.12. The number of rotatable bonds is 4. The number of nitrogens with one attached hydrogen (secondary N) is 1. The maximum absolute atomic E-state index is 5.35. The molecule has 1 fully saturated rings. The summed E-state index contributed by atoms with van der Waals surface area (Å²) in [5, 5.41) is 7.44. The third kappa shape index (κ3) is 3.26. The van der Waals surface area contributed by atoms with E-state index in [2.05, 4.69) is 22.4 Å². The van der Waals surface area contributed by atoms with Crippen molar-refractivity contribution in [1.29, 1.82) is 0 Å². The smallest absolute Gasteiger partial charge is 0.229 e. The summed E-state index contributed by atoms with van der Waals surface area (Å²) >= 11 is 0. The van der Waals surface area contributed by atoms with Crippen LogP contribution in [0.3, 0.4) is 0 Å². The van der Waals surface area contributed by atoms with E-state index in [0.717, 1.165) is 31.1 Å². The molecule has 5 heteroatoms. The third-order valence-electron chi connectivity index (χ3n) is 3.33. The molecule has 0 aliphatic carbocycles. The third-order valence-corrected chi connectivity index (χ3v) is 3.33. The van der Waals surface area contributed by atoms with Crippen molar-refractivity contribution in [2.75, 3.05) is 13.7 Å². The van der Waals surface area contributed by atoms with Crippen LogP contribution in [0.15, 0.2) is 4.52 Å². The lowest BCUT2D eigenvalue weighted by atomic mass is 9.93. The van der Waals surface area contributed by atoms with Crippen molar-refractivity contribution in [3.63, 3.8) is 0 Å². The lowest BCUT2D eigenvalue weighted by Crippen LogP contribution is -2.34. The van der Waals surface area contributed by atoms with Gasteiger partial charge in [-0.2, -0.15) is 4.98 Å². The fourth-order valence-electron chi connectivity index (χ4n) is 2.21. The predicted molar refractivity (Wildman–Crippen MR) is 63.9 cm³/mol. The molecular formula is C12H21N3O2. The maximum Gasteiger partial charge on any atom is 0.229 e. The monoisotopic (exact) mass is 239 g/mol. The molecule has 1 aromatic rings. The fourth-order valence-corrected chi connectivity index (χ4v) is 2.21. The highest BCUT2D eigenvalue weighted by atomic mass is 16.5. The Balaban J connectivity index is 1.97. The quantitative estimate of drug-likeness (QED) is 0.863. The van der Waals surface area contributed by atoms with Crippen LogP contribution < -0.4 is 5.32 Å². The Labute approximate surface area is 102 Å². The van der Waals surface area contributed by atoms with Gasteiger partial charge in [0.05, 0.1) is 6.10 Å². The van der Waals surface area contributed by atoms with Crippen LogP contribution in [-0.2, 0) is 11.2 Å². The second-order valence-corrected chi connectivity index (χ2v) is 4.88. The maximum atomic E-state index is 5.35. The number of aromatic nitrogens is 2. The minimum absolute atomic E-state index is 0.132. The van der Waals surface area contributed by atoms with Crippen molar-refractivity contribution in [1.82, 2.24) is 15.5 Å². The first-order chi connectivity index (χ1) is 8.19. The highest BCUT2D eigenvalue weighted by molar-refractivity contribution is 4.98. The molecule has 2 rings (SSSR count). The average molecular weight is 239 g/mol. The Morgan fingerprint density at radius 2 is 2.41 bits per heavy atom. The second-order valence-electron chi connectivity index (χ2n) is 4.88. The molecule has 0 saturated carbocycles. The van der Waals surface area contributed by atoms with Crippen molar-refractivity contribution >= 4 is 0 Å². The molecule has 1 aromatic heterocycles. The van der Waals surface area contributed by atoms with Crippen LogP contribution in [0.25, 0.3) is 0 Å². The van der Waals surface area contributed by atoms with Crippen LogP contribution in [0.1, 0.15) is 44.3 Å². The van der Waals surface area contributed by atoms with Crippen LogP contribution in [0.5, 0.6) is 0 Å². The molecule has 1 saturated heterocycles. The highest BCUT2D eigenvalue weighted by Crippen LogP contribution is 2.26. The zero-order chi connectivity index (χ0) is 12.3. The van der Waals surface area contributed by atoms with Crippen LogP contribution in [-0.4, -0.2) is 35.9 Å². The first kappa shape index (κ1) is 12.5. The van der Waals surface area contributed by atoms with Gasteiger partial charge in [0.2, 0.25) is 5.89 Å². The van der Waals surface area contributed by atoms with E-state index in [4.69, 9.17) is 9.26 Å². The van der Waals surface area contributed by atoms with Gasteiger partial charge in [0.15, 0.2) is 5.82 Å². The van der Waals surface area contributed by atoms with Gasteiger partial charge in [-0.25, -0.2) is 0 Å². The van der Waals surface area contributed by atoms with E-state index in [9.17, 15) is 0 Å². The summed E-state index contributed by atoms with van der Waals surface area (Å²) in [4.78, 5) is 4.47. The lowest BCUT2D eigenvalue weighted by molar-refractivity contribution is 0.116. The Morgan fingerprint density at radius 1 is 1.59 bits per heavy atom. The van der Waals surface area contributed by atoms with E-state index in [1.165, 1.54) is 0 Å². The van der Waals surface area contributed by atoms with Gasteiger partial charge in [0.1, 0.15) is 0 Å². The molecule has 0 aromatic carbocycles. The molecule has 0 amide bonds. The van der Waals surface area contributed by atoms with E-state index in [-0.39, 0.29) is 6.10 Å². The number of hydrogen-bond donors (Lipinski definition) is 1. The summed E-state index contributed by atoms with van der Waals surface area (Å²) in [6.07, 6.45) is 2.99. The molecule has 0 radical (unpaired) electrons. The molecule has 1 aliphatic rings. The average Bonchev–Trinajstić information content (AvgIpc) is 2.77. The summed E-state index contributed by atoms with van der Waals surface area (Å²) in [5.41, 5.74) is 0. The van der Waals surface area contributed by atoms with E-state index in [1.54, 1.807) is 7.11 Å². The van der Waals surface area contributed by atoms with Gasteiger partial charge in [0, 0.05) is 25.5 Å². The molecule has 5 nitrogen and oxygen atoms in total. The van der Waals surface area contributed by atoms with Crippen molar-refractivity contribution < 1.29 is 9.26 Å². The van der Waals surface area contributed by atoms with Gasteiger partial charge >= 0.3 is 0 Å². The van der Waals surface area contributed by atoms with Crippen LogP contribution in [0.4, 0.5) is 0 Å².